The number of hydrazine groups is 1. The fourth-order valence-electron chi connectivity index (χ4n) is 2.53. The van der Waals surface area contributed by atoms with Crippen molar-refractivity contribution in [1.29, 1.82) is 0 Å². The van der Waals surface area contributed by atoms with Crippen molar-refractivity contribution in [1.82, 2.24) is 4.98 Å². The van der Waals surface area contributed by atoms with Gasteiger partial charge >= 0.3 is 0 Å². The number of amidine groups is 1. The SMILES string of the molecule is Cc1nc(N2N=C(c3ccccc3)[NH2+]N2c2ccccc2)sc1C.[F-]. The minimum absolute atomic E-state index is 0. The summed E-state index contributed by atoms with van der Waals surface area (Å²) in [5.41, 5.74) is 5.24. The van der Waals surface area contributed by atoms with Crippen molar-refractivity contribution < 1.29 is 10.1 Å². The lowest BCUT2D eigenvalue weighted by Gasteiger charge is -2.21. The first-order chi connectivity index (χ1) is 11.7. The molecule has 4 rings (SSSR count). The molecule has 0 amide bonds. The summed E-state index contributed by atoms with van der Waals surface area (Å²) in [4.78, 5) is 5.88. The number of aromatic nitrogens is 1. The number of benzene rings is 2. The number of hydrogen-bond acceptors (Lipinski definition) is 5. The number of anilines is 2. The quantitative estimate of drug-likeness (QED) is 0.665. The van der Waals surface area contributed by atoms with E-state index in [2.05, 4.69) is 41.6 Å². The van der Waals surface area contributed by atoms with Crippen molar-refractivity contribution in [2.75, 3.05) is 10.2 Å². The first kappa shape index (κ1) is 17.1. The number of hydrazone groups is 1. The van der Waals surface area contributed by atoms with E-state index in [0.717, 1.165) is 27.9 Å². The zero-order valence-corrected chi connectivity index (χ0v) is 14.7. The number of thiazole rings is 1. The molecule has 25 heavy (non-hydrogen) atoms. The molecular weight excluding hydrogens is 337 g/mol. The smallest absolute Gasteiger partial charge is 0.277 e. The van der Waals surface area contributed by atoms with Gasteiger partial charge in [0.25, 0.3) is 5.84 Å². The van der Waals surface area contributed by atoms with Gasteiger partial charge < -0.3 is 4.70 Å². The molecule has 0 saturated heterocycles. The first-order valence-electron chi connectivity index (χ1n) is 7.79. The summed E-state index contributed by atoms with van der Waals surface area (Å²) in [5, 5.41) is 9.60. The van der Waals surface area contributed by atoms with Gasteiger partial charge in [-0.3, -0.25) is 0 Å². The number of quaternary nitrogens is 1. The van der Waals surface area contributed by atoms with Crippen molar-refractivity contribution in [3.63, 3.8) is 0 Å². The fraction of sp³-hybridized carbons (Fsp3) is 0.111. The van der Waals surface area contributed by atoms with Crippen molar-refractivity contribution >= 4 is 28.0 Å². The largest absolute Gasteiger partial charge is 1.00 e. The minimum Gasteiger partial charge on any atom is -1.00 e. The number of nitrogens with zero attached hydrogens (tertiary/aromatic N) is 4. The van der Waals surface area contributed by atoms with Crippen molar-refractivity contribution in [2.45, 2.75) is 13.8 Å². The molecule has 0 bridgehead atoms. The topological polar surface area (TPSA) is 48.3 Å². The van der Waals surface area contributed by atoms with E-state index in [1.807, 2.05) is 53.6 Å². The maximum Gasteiger partial charge on any atom is 0.277 e. The highest BCUT2D eigenvalue weighted by Gasteiger charge is 2.33. The Morgan fingerprint density at radius 1 is 0.920 bits per heavy atom. The van der Waals surface area contributed by atoms with Gasteiger partial charge in [0.2, 0.25) is 5.13 Å². The van der Waals surface area contributed by atoms with Gasteiger partial charge in [0, 0.05) is 4.88 Å². The van der Waals surface area contributed by atoms with E-state index in [1.165, 1.54) is 4.88 Å². The zero-order chi connectivity index (χ0) is 16.5. The number of halogens is 1. The van der Waals surface area contributed by atoms with E-state index in [0.29, 0.717) is 0 Å². The van der Waals surface area contributed by atoms with E-state index >= 15 is 0 Å². The molecule has 0 saturated carbocycles. The summed E-state index contributed by atoms with van der Waals surface area (Å²) in [6, 6.07) is 20.4. The van der Waals surface area contributed by atoms with Gasteiger partial charge in [-0.25, -0.2) is 4.98 Å². The standard InChI is InChI=1S/C18H17N5S.FH/c1-13-14(2)24-18(19-13)23-21-17(15-9-5-3-6-10-15)20-22(23)16-11-7-4-8-12-16;/h3-12H,1-2H3,(H,20,21);1H. The van der Waals surface area contributed by atoms with Crippen LogP contribution in [0.4, 0.5) is 10.8 Å². The van der Waals surface area contributed by atoms with E-state index in [-0.39, 0.29) is 4.70 Å². The maximum atomic E-state index is 4.81. The van der Waals surface area contributed by atoms with Crippen LogP contribution in [-0.2, 0) is 0 Å². The zero-order valence-electron chi connectivity index (χ0n) is 13.9. The third-order valence-corrected chi connectivity index (χ3v) is 4.97. The normalized spacial score (nSPS) is 13.6. The Hall–Kier alpha value is -2.77. The lowest BCUT2D eigenvalue weighted by Crippen LogP contribution is -3.00. The Bertz CT molecular complexity index is 859. The van der Waals surface area contributed by atoms with Crippen LogP contribution in [0.3, 0.4) is 0 Å². The number of rotatable bonds is 3. The van der Waals surface area contributed by atoms with Crippen LogP contribution in [0.15, 0.2) is 65.8 Å². The summed E-state index contributed by atoms with van der Waals surface area (Å²) < 4.78 is 0. The van der Waals surface area contributed by atoms with Crippen molar-refractivity contribution in [3.05, 3.63) is 76.8 Å². The molecule has 0 fully saturated rings. The van der Waals surface area contributed by atoms with Gasteiger partial charge in [-0.1, -0.05) is 58.0 Å². The van der Waals surface area contributed by atoms with Gasteiger partial charge in [-0.15, -0.1) is 5.12 Å². The Labute approximate surface area is 149 Å². The highest BCUT2D eigenvalue weighted by molar-refractivity contribution is 7.15. The monoisotopic (exact) mass is 355 g/mol. The number of nitrogens with two attached hydrogens (primary N) is 1. The average molecular weight is 355 g/mol. The molecule has 3 aromatic rings. The van der Waals surface area contributed by atoms with E-state index in [9.17, 15) is 0 Å². The molecule has 2 heterocycles. The third kappa shape index (κ3) is 3.24. The molecule has 7 heteroatoms. The molecular formula is C18H18FN5S. The van der Waals surface area contributed by atoms with E-state index in [1.54, 1.807) is 11.3 Å². The summed E-state index contributed by atoms with van der Waals surface area (Å²) >= 11 is 1.65. The van der Waals surface area contributed by atoms with Gasteiger partial charge in [-0.2, -0.15) is 5.43 Å². The first-order valence-corrected chi connectivity index (χ1v) is 8.61. The third-order valence-electron chi connectivity index (χ3n) is 3.93. The lowest BCUT2D eigenvalue weighted by atomic mass is 10.2. The summed E-state index contributed by atoms with van der Waals surface area (Å²) in [6.07, 6.45) is 0. The lowest BCUT2D eigenvalue weighted by molar-refractivity contribution is -0.545. The Balaban J connectivity index is 0.00000182. The molecule has 0 radical (unpaired) electrons. The summed E-state index contributed by atoms with van der Waals surface area (Å²) in [6.45, 7) is 4.12. The second-order valence-corrected chi connectivity index (χ2v) is 6.77. The highest BCUT2D eigenvalue weighted by Crippen LogP contribution is 2.28. The Morgan fingerprint density at radius 3 is 2.16 bits per heavy atom. The fourth-order valence-corrected chi connectivity index (χ4v) is 3.39. The second-order valence-electron chi connectivity index (χ2n) is 5.59. The van der Waals surface area contributed by atoms with Crippen LogP contribution in [0, 0.1) is 13.8 Å². The van der Waals surface area contributed by atoms with Gasteiger partial charge in [0.05, 0.1) is 11.3 Å². The second kappa shape index (κ2) is 7.00. The van der Waals surface area contributed by atoms with Crippen LogP contribution in [0.5, 0.6) is 0 Å². The molecule has 1 aliphatic rings. The van der Waals surface area contributed by atoms with Gasteiger partial charge in [-0.05, 0) is 38.1 Å². The Morgan fingerprint density at radius 2 is 1.56 bits per heavy atom. The average Bonchev–Trinajstić information content (AvgIpc) is 3.21. The van der Waals surface area contributed by atoms with Crippen LogP contribution < -0.4 is 20.4 Å². The van der Waals surface area contributed by atoms with Crippen LogP contribution >= 0.6 is 11.3 Å². The van der Waals surface area contributed by atoms with Crippen LogP contribution in [-0.4, -0.2) is 10.8 Å². The Kier molecular flexibility index (Phi) is 4.78. The predicted octanol–water partition coefficient (Wildman–Crippen LogP) is -0.154. The minimum atomic E-state index is 0. The maximum absolute atomic E-state index is 4.81. The molecule has 1 aromatic heterocycles. The van der Waals surface area contributed by atoms with Gasteiger partial charge in [0.1, 0.15) is 5.69 Å². The van der Waals surface area contributed by atoms with Crippen molar-refractivity contribution in [3.8, 4) is 0 Å². The number of para-hydroxylation sites is 1. The van der Waals surface area contributed by atoms with Crippen LogP contribution in [0.1, 0.15) is 16.1 Å². The molecule has 0 spiro atoms. The molecule has 5 nitrogen and oxygen atoms in total. The van der Waals surface area contributed by atoms with Crippen LogP contribution in [0.25, 0.3) is 0 Å². The summed E-state index contributed by atoms with van der Waals surface area (Å²) in [5.74, 6) is 0.921. The molecule has 2 aromatic carbocycles. The molecule has 128 valence electrons. The van der Waals surface area contributed by atoms with Crippen LogP contribution in [0.2, 0.25) is 0 Å². The molecule has 0 unspecified atom stereocenters. The summed E-state index contributed by atoms with van der Waals surface area (Å²) in [7, 11) is 0. The highest BCUT2D eigenvalue weighted by atomic mass is 32.1. The van der Waals surface area contributed by atoms with E-state index < -0.39 is 0 Å². The van der Waals surface area contributed by atoms with Crippen molar-refractivity contribution in [2.24, 2.45) is 5.10 Å². The molecule has 0 aliphatic carbocycles. The number of aryl methyl sites for hydroxylation is 2. The molecule has 0 atom stereocenters. The van der Waals surface area contributed by atoms with E-state index in [4.69, 9.17) is 5.10 Å². The van der Waals surface area contributed by atoms with Gasteiger partial charge in [0.15, 0.2) is 0 Å². The molecule has 2 N–H and O–H groups in total. The predicted molar refractivity (Wildman–Crippen MR) is 97.9 cm³/mol. The number of hydrogen-bond donors (Lipinski definition) is 1. The molecule has 1 aliphatic heterocycles.